The van der Waals surface area contributed by atoms with Gasteiger partial charge in [-0.3, -0.25) is 9.59 Å². The largest absolute Gasteiger partial charge is 0.321 e. The van der Waals surface area contributed by atoms with Gasteiger partial charge in [0.05, 0.1) is 12.5 Å². The molecule has 25 heavy (non-hydrogen) atoms. The fraction of sp³-hybridized carbons (Fsp3) is 0.333. The molecule has 1 unspecified atom stereocenters. The van der Waals surface area contributed by atoms with E-state index in [4.69, 9.17) is 0 Å². The Morgan fingerprint density at radius 2 is 2.04 bits per heavy atom. The van der Waals surface area contributed by atoms with Gasteiger partial charge in [0, 0.05) is 12.7 Å². The Morgan fingerprint density at radius 3 is 2.72 bits per heavy atom. The molecular formula is C18H21ClFN3O2. The summed E-state index contributed by atoms with van der Waals surface area (Å²) < 4.78 is 14.5. The average molecular weight is 366 g/mol. The van der Waals surface area contributed by atoms with Crippen molar-refractivity contribution in [2.24, 2.45) is 5.92 Å². The van der Waals surface area contributed by atoms with E-state index < -0.39 is 0 Å². The van der Waals surface area contributed by atoms with E-state index in [1.165, 1.54) is 16.7 Å². The number of rotatable bonds is 4. The number of pyridine rings is 1. The third-order valence-electron chi connectivity index (χ3n) is 4.21. The molecule has 2 heterocycles. The molecule has 5 nitrogen and oxygen atoms in total. The van der Waals surface area contributed by atoms with Gasteiger partial charge in [0.2, 0.25) is 5.91 Å². The monoisotopic (exact) mass is 365 g/mol. The Balaban J connectivity index is 0.00000225. The first-order valence-corrected chi connectivity index (χ1v) is 8.09. The number of hydrogen-bond donors (Lipinski definition) is 2. The molecule has 2 N–H and O–H groups in total. The smallest absolute Gasteiger partial charge is 0.274 e. The molecule has 1 atom stereocenters. The summed E-state index contributed by atoms with van der Waals surface area (Å²) >= 11 is 0. The summed E-state index contributed by atoms with van der Waals surface area (Å²) in [5.41, 5.74) is 0.826. The van der Waals surface area contributed by atoms with Gasteiger partial charge >= 0.3 is 0 Å². The molecular weight excluding hydrogens is 345 g/mol. The van der Waals surface area contributed by atoms with Gasteiger partial charge in [-0.2, -0.15) is 0 Å². The van der Waals surface area contributed by atoms with E-state index >= 15 is 0 Å². The third-order valence-corrected chi connectivity index (χ3v) is 4.21. The summed E-state index contributed by atoms with van der Waals surface area (Å²) in [6.07, 6.45) is 3.45. The van der Waals surface area contributed by atoms with Crippen molar-refractivity contribution in [3.63, 3.8) is 0 Å². The van der Waals surface area contributed by atoms with Crippen molar-refractivity contribution in [1.29, 1.82) is 0 Å². The van der Waals surface area contributed by atoms with Crippen molar-refractivity contribution in [3.05, 3.63) is 64.3 Å². The van der Waals surface area contributed by atoms with Crippen LogP contribution >= 0.6 is 12.4 Å². The van der Waals surface area contributed by atoms with E-state index in [0.29, 0.717) is 13.1 Å². The van der Waals surface area contributed by atoms with E-state index in [-0.39, 0.29) is 41.3 Å². The molecule has 1 aliphatic heterocycles. The average Bonchev–Trinajstić information content (AvgIpc) is 2.61. The first-order valence-electron chi connectivity index (χ1n) is 8.09. The van der Waals surface area contributed by atoms with E-state index in [9.17, 15) is 14.0 Å². The summed E-state index contributed by atoms with van der Waals surface area (Å²) in [5, 5.41) is 5.93. The standard InChI is InChI=1S/C18H20FN3O2.ClH/c19-15-7-5-13(6-8-15)12-22-10-2-4-16(18(22)24)21-17(23)14-3-1-9-20-11-14;/h2,4-8,10,14,20H,1,3,9,11-12H2,(H,21,23);1H. The minimum Gasteiger partial charge on any atom is -0.321 e. The first kappa shape index (κ1) is 19.1. The highest BCUT2D eigenvalue weighted by molar-refractivity contribution is 5.92. The molecule has 1 fully saturated rings. The molecule has 134 valence electrons. The molecule has 0 spiro atoms. The molecule has 0 saturated carbocycles. The van der Waals surface area contributed by atoms with Crippen LogP contribution in [0.1, 0.15) is 18.4 Å². The van der Waals surface area contributed by atoms with Crippen LogP contribution in [0.3, 0.4) is 0 Å². The predicted octanol–water partition coefficient (Wildman–Crippen LogP) is 2.40. The highest BCUT2D eigenvalue weighted by Crippen LogP contribution is 2.12. The lowest BCUT2D eigenvalue weighted by Gasteiger charge is -2.21. The van der Waals surface area contributed by atoms with Crippen molar-refractivity contribution in [3.8, 4) is 0 Å². The number of nitrogens with one attached hydrogen (secondary N) is 2. The van der Waals surface area contributed by atoms with Crippen LogP contribution in [0.15, 0.2) is 47.4 Å². The number of carbonyl (C=O) groups is 1. The van der Waals surface area contributed by atoms with E-state index in [1.54, 1.807) is 30.5 Å². The van der Waals surface area contributed by atoms with Crippen molar-refractivity contribution in [1.82, 2.24) is 9.88 Å². The SMILES string of the molecule is Cl.O=C(Nc1cccn(Cc2ccc(F)cc2)c1=O)C1CCCNC1. The lowest BCUT2D eigenvalue weighted by atomic mass is 9.99. The van der Waals surface area contributed by atoms with Gasteiger partial charge in [-0.05, 0) is 49.2 Å². The maximum absolute atomic E-state index is 13.0. The van der Waals surface area contributed by atoms with Crippen LogP contribution in [0.4, 0.5) is 10.1 Å². The Hall–Kier alpha value is -2.18. The zero-order valence-electron chi connectivity index (χ0n) is 13.7. The number of hydrogen-bond acceptors (Lipinski definition) is 3. The number of aromatic nitrogens is 1. The van der Waals surface area contributed by atoms with Crippen LogP contribution in [0.5, 0.6) is 0 Å². The van der Waals surface area contributed by atoms with Gasteiger partial charge in [-0.1, -0.05) is 12.1 Å². The molecule has 0 aliphatic carbocycles. The predicted molar refractivity (Wildman–Crippen MR) is 97.7 cm³/mol. The van der Waals surface area contributed by atoms with Crippen LogP contribution in [-0.2, 0) is 11.3 Å². The molecule has 3 rings (SSSR count). The lowest BCUT2D eigenvalue weighted by Crippen LogP contribution is -2.38. The van der Waals surface area contributed by atoms with Gasteiger partial charge in [-0.15, -0.1) is 12.4 Å². The molecule has 2 aromatic rings. The molecule has 1 aromatic heterocycles. The van der Waals surface area contributed by atoms with Crippen molar-refractivity contribution in [2.75, 3.05) is 18.4 Å². The summed E-state index contributed by atoms with van der Waals surface area (Å²) in [6.45, 7) is 1.90. The molecule has 7 heteroatoms. The second-order valence-corrected chi connectivity index (χ2v) is 6.01. The Labute approximate surface area is 151 Å². The van der Waals surface area contributed by atoms with Gasteiger partial charge in [0.15, 0.2) is 0 Å². The summed E-state index contributed by atoms with van der Waals surface area (Å²) in [7, 11) is 0. The summed E-state index contributed by atoms with van der Waals surface area (Å²) in [4.78, 5) is 24.8. The molecule has 1 aliphatic rings. The van der Waals surface area contributed by atoms with E-state index in [0.717, 1.165) is 24.9 Å². The number of halogens is 2. The zero-order chi connectivity index (χ0) is 16.9. The first-order chi connectivity index (χ1) is 11.6. The molecule has 1 aromatic carbocycles. The number of nitrogens with zero attached hydrogens (tertiary/aromatic N) is 1. The van der Waals surface area contributed by atoms with Gasteiger partial charge < -0.3 is 15.2 Å². The van der Waals surface area contributed by atoms with E-state index in [1.807, 2.05) is 0 Å². The van der Waals surface area contributed by atoms with Crippen LogP contribution < -0.4 is 16.2 Å². The van der Waals surface area contributed by atoms with Crippen molar-refractivity contribution in [2.45, 2.75) is 19.4 Å². The van der Waals surface area contributed by atoms with Gasteiger partial charge in [0.1, 0.15) is 11.5 Å². The van der Waals surface area contributed by atoms with Crippen molar-refractivity contribution < 1.29 is 9.18 Å². The molecule has 1 amide bonds. The summed E-state index contributed by atoms with van der Waals surface area (Å²) in [5.74, 6) is -0.545. The minimum atomic E-state index is -0.312. The highest BCUT2D eigenvalue weighted by atomic mass is 35.5. The topological polar surface area (TPSA) is 63.1 Å². The second-order valence-electron chi connectivity index (χ2n) is 6.01. The number of anilines is 1. The van der Waals surface area contributed by atoms with Crippen LogP contribution in [0.25, 0.3) is 0 Å². The van der Waals surface area contributed by atoms with E-state index in [2.05, 4.69) is 10.6 Å². The quantitative estimate of drug-likeness (QED) is 0.874. The minimum absolute atomic E-state index is 0. The van der Waals surface area contributed by atoms with Crippen LogP contribution in [0, 0.1) is 11.7 Å². The molecule has 0 bridgehead atoms. The maximum Gasteiger partial charge on any atom is 0.274 e. The van der Waals surface area contributed by atoms with Gasteiger partial charge in [0.25, 0.3) is 5.56 Å². The maximum atomic E-state index is 13.0. The fourth-order valence-corrected chi connectivity index (χ4v) is 2.85. The molecule has 1 saturated heterocycles. The second kappa shape index (κ2) is 8.78. The normalized spacial score (nSPS) is 16.8. The lowest BCUT2D eigenvalue weighted by molar-refractivity contribution is -0.120. The van der Waals surface area contributed by atoms with Crippen LogP contribution in [0.2, 0.25) is 0 Å². The Bertz CT molecular complexity index is 771. The fourth-order valence-electron chi connectivity index (χ4n) is 2.85. The molecule has 0 radical (unpaired) electrons. The van der Waals surface area contributed by atoms with Crippen molar-refractivity contribution >= 4 is 24.0 Å². The highest BCUT2D eigenvalue weighted by Gasteiger charge is 2.21. The number of carbonyl (C=O) groups excluding carboxylic acids is 1. The summed E-state index contributed by atoms with van der Waals surface area (Å²) in [6, 6.07) is 9.34. The zero-order valence-corrected chi connectivity index (χ0v) is 14.5. The third kappa shape index (κ3) is 4.90. The number of piperidine rings is 1. The number of benzene rings is 1. The van der Waals surface area contributed by atoms with Gasteiger partial charge in [-0.25, -0.2) is 4.39 Å². The van der Waals surface area contributed by atoms with Crippen LogP contribution in [-0.4, -0.2) is 23.6 Å². The number of amides is 1. The Kier molecular flexibility index (Phi) is 6.73. The Morgan fingerprint density at radius 1 is 1.28 bits per heavy atom.